The molecule has 6 aromatic rings. The Hall–Kier alpha value is -6.53. The van der Waals surface area contributed by atoms with E-state index in [0.717, 1.165) is 11.5 Å². The van der Waals surface area contributed by atoms with Crippen molar-refractivity contribution in [2.45, 2.75) is 77.8 Å². The van der Waals surface area contributed by atoms with Gasteiger partial charge in [0.15, 0.2) is 11.6 Å². The number of nitro groups is 1. The number of anilines is 5. The summed E-state index contributed by atoms with van der Waals surface area (Å²) in [6.45, 7) is 22.1. The highest BCUT2D eigenvalue weighted by atomic mass is 28.4. The molecule has 0 atom stereocenters. The van der Waals surface area contributed by atoms with E-state index in [1.54, 1.807) is 36.4 Å². The average Bonchev–Trinajstić information content (AvgIpc) is 3.18. The van der Waals surface area contributed by atoms with Crippen molar-refractivity contribution in [3.63, 3.8) is 0 Å². The van der Waals surface area contributed by atoms with Crippen LogP contribution in [0.4, 0.5) is 34.4 Å². The fourth-order valence-electron chi connectivity index (χ4n) is 5.32. The summed E-state index contributed by atoms with van der Waals surface area (Å²) in [5.41, 5.74) is 7.88. The summed E-state index contributed by atoms with van der Waals surface area (Å²) in [6, 6.07) is 31.8. The lowest BCUT2D eigenvalue weighted by Crippen LogP contribution is -2.43. The number of ether oxygens (including phenoxy) is 2. The predicted molar refractivity (Wildman–Crippen MR) is 241 cm³/mol. The van der Waals surface area contributed by atoms with Crippen LogP contribution in [-0.2, 0) is 0 Å². The number of nitrogen functional groups attached to an aromatic ring is 1. The molecule has 2 N–H and O–H groups in total. The predicted octanol–water partition coefficient (Wildman–Crippen LogP) is 12.0. The van der Waals surface area contributed by atoms with E-state index < -0.39 is 21.6 Å². The van der Waals surface area contributed by atoms with Crippen molar-refractivity contribution >= 4 is 51.0 Å². The van der Waals surface area contributed by atoms with Gasteiger partial charge in [0.1, 0.15) is 35.7 Å². The van der Waals surface area contributed by atoms with Crippen LogP contribution in [0, 0.1) is 10.1 Å². The molecule has 60 heavy (non-hydrogen) atoms. The van der Waals surface area contributed by atoms with Gasteiger partial charge in [-0.25, -0.2) is 30.0 Å². The zero-order valence-corrected chi connectivity index (χ0v) is 37.7. The second-order valence-electron chi connectivity index (χ2n) is 17.3. The van der Waals surface area contributed by atoms with Gasteiger partial charge < -0.3 is 24.1 Å². The molecule has 0 amide bonds. The van der Waals surface area contributed by atoms with Crippen LogP contribution in [0.3, 0.4) is 0 Å². The molecule has 14 nitrogen and oxygen atoms in total. The lowest BCUT2D eigenvalue weighted by Gasteiger charge is -2.38. The number of rotatable bonds is 14. The summed E-state index contributed by atoms with van der Waals surface area (Å²) >= 11 is 0. The molecular formula is C44H52N8O6Si2. The summed E-state index contributed by atoms with van der Waals surface area (Å²) in [7, 11) is -4.31. The van der Waals surface area contributed by atoms with E-state index in [4.69, 9.17) is 34.0 Å². The maximum absolute atomic E-state index is 11.3. The van der Waals surface area contributed by atoms with E-state index in [1.807, 2.05) is 58.5 Å². The van der Waals surface area contributed by atoms with E-state index in [-0.39, 0.29) is 27.5 Å². The Morgan fingerprint density at radius 1 is 0.550 bits per heavy atom. The van der Waals surface area contributed by atoms with Crippen LogP contribution in [-0.4, -0.2) is 41.5 Å². The molecule has 0 saturated heterocycles. The zero-order valence-electron chi connectivity index (χ0n) is 35.7. The fourth-order valence-corrected chi connectivity index (χ4v) is 7.39. The largest absolute Gasteiger partial charge is 0.544 e. The molecule has 0 aliphatic carbocycles. The van der Waals surface area contributed by atoms with Crippen LogP contribution in [0.5, 0.6) is 34.8 Å². The Labute approximate surface area is 353 Å². The van der Waals surface area contributed by atoms with Crippen LogP contribution in [0.1, 0.15) is 41.5 Å². The van der Waals surface area contributed by atoms with E-state index in [0.29, 0.717) is 40.2 Å². The Morgan fingerprint density at radius 2 is 0.900 bits per heavy atom. The Balaban J connectivity index is 1.49. The molecule has 0 bridgehead atoms. The minimum absolute atomic E-state index is 0.00192. The minimum atomic E-state index is -2.16. The van der Waals surface area contributed by atoms with Gasteiger partial charge in [-0.1, -0.05) is 41.5 Å². The Kier molecular flexibility index (Phi) is 12.2. The van der Waals surface area contributed by atoms with Gasteiger partial charge in [-0.2, -0.15) is 0 Å². The van der Waals surface area contributed by atoms with Crippen LogP contribution in [0.25, 0.3) is 0 Å². The number of nitrogens with zero attached hydrogens (tertiary/aromatic N) is 7. The third-order valence-electron chi connectivity index (χ3n) is 10.8. The van der Waals surface area contributed by atoms with Crippen molar-refractivity contribution in [1.29, 1.82) is 0 Å². The molecule has 0 fully saturated rings. The van der Waals surface area contributed by atoms with E-state index in [1.165, 1.54) is 36.9 Å². The third-order valence-corrected chi connectivity index (χ3v) is 19.5. The molecule has 4 aromatic carbocycles. The molecule has 0 aliphatic heterocycles. The van der Waals surface area contributed by atoms with Gasteiger partial charge in [-0.15, -0.1) is 0 Å². The van der Waals surface area contributed by atoms with E-state index >= 15 is 0 Å². The lowest BCUT2D eigenvalue weighted by molar-refractivity contribution is -0.384. The monoisotopic (exact) mass is 844 g/mol. The zero-order chi connectivity index (χ0) is 43.5. The van der Waals surface area contributed by atoms with Gasteiger partial charge in [-0.05, 0) is 121 Å². The molecule has 312 valence electrons. The summed E-state index contributed by atoms with van der Waals surface area (Å²) in [5, 5.41) is 15.1. The molecule has 16 heteroatoms. The molecule has 0 radical (unpaired) electrons. The molecule has 0 unspecified atom stereocenters. The fraction of sp³-hybridized carbons (Fsp3) is 0.273. The van der Waals surface area contributed by atoms with Crippen molar-refractivity contribution in [2.24, 2.45) is 0 Å². The van der Waals surface area contributed by atoms with Gasteiger partial charge in [0.05, 0.1) is 16.3 Å². The summed E-state index contributed by atoms with van der Waals surface area (Å²) in [5.74, 6) is 3.73. The SMILES string of the molecule is CC(C)(C)[Si](C)(C)Oc1ccc(N(c2cc(Oc3ccc(N)cc3)ncn2)N(c2ccc(O[Si](C)(C)C(C)(C)C)cc2)c2cc(Oc3ccc([N+](=O)[O-])cc3)ncn2)cc1. The standard InChI is InChI=1S/C44H52N8O6Si2/c1-43(2,3)59(7,8)57-37-23-13-32(14-24-37)50(39-27-41(48-29-46-39)55-35-19-11-31(45)12-20-35)51(33-15-25-38(26-16-33)58-60(9,10)44(4,5)6)40-28-42(49-30-47-40)56-36-21-17-34(18-22-36)52(53)54/h11-30H,45H2,1-10H3. The maximum Gasteiger partial charge on any atom is 0.269 e. The highest BCUT2D eigenvalue weighted by Crippen LogP contribution is 2.42. The number of hydrazine groups is 1. The second kappa shape index (κ2) is 17.0. The first-order chi connectivity index (χ1) is 28.2. The number of benzene rings is 4. The first-order valence-corrected chi connectivity index (χ1v) is 25.3. The summed E-state index contributed by atoms with van der Waals surface area (Å²) in [6.07, 6.45) is 2.82. The van der Waals surface area contributed by atoms with Crippen molar-refractivity contribution in [3.8, 4) is 34.8 Å². The van der Waals surface area contributed by atoms with Gasteiger partial charge in [-0.3, -0.25) is 10.1 Å². The normalized spacial score (nSPS) is 12.0. The Morgan fingerprint density at radius 3 is 1.25 bits per heavy atom. The molecular weight excluding hydrogens is 793 g/mol. The number of aromatic nitrogens is 4. The quantitative estimate of drug-likeness (QED) is 0.0477. The molecule has 6 rings (SSSR count). The Bertz CT molecular complexity index is 2400. The van der Waals surface area contributed by atoms with Gasteiger partial charge >= 0.3 is 0 Å². The number of nitro benzene ring substituents is 1. The number of non-ortho nitro benzene ring substituents is 1. The van der Waals surface area contributed by atoms with Crippen LogP contribution in [0.15, 0.2) is 122 Å². The highest BCUT2D eigenvalue weighted by Gasteiger charge is 2.40. The summed E-state index contributed by atoms with van der Waals surface area (Å²) < 4.78 is 25.6. The maximum atomic E-state index is 11.3. The van der Waals surface area contributed by atoms with Gasteiger partial charge in [0.25, 0.3) is 5.69 Å². The second-order valence-corrected chi connectivity index (χ2v) is 26.7. The first-order valence-electron chi connectivity index (χ1n) is 19.5. The topological polar surface area (TPSA) is 164 Å². The van der Waals surface area contributed by atoms with Gasteiger partial charge in [0, 0.05) is 30.0 Å². The molecule has 0 aliphatic rings. The average molecular weight is 845 g/mol. The van der Waals surface area contributed by atoms with Crippen molar-refractivity contribution in [3.05, 3.63) is 132 Å². The van der Waals surface area contributed by atoms with Crippen LogP contribution in [0.2, 0.25) is 36.3 Å². The highest BCUT2D eigenvalue weighted by molar-refractivity contribution is 6.75. The number of nitrogens with two attached hydrogens (primary N) is 1. The van der Waals surface area contributed by atoms with Crippen LogP contribution < -0.4 is 34.1 Å². The van der Waals surface area contributed by atoms with Crippen LogP contribution >= 0.6 is 0 Å². The van der Waals surface area contributed by atoms with Gasteiger partial charge in [0.2, 0.25) is 28.4 Å². The van der Waals surface area contributed by atoms with Crippen molar-refractivity contribution < 1.29 is 23.2 Å². The molecule has 2 heterocycles. The lowest BCUT2D eigenvalue weighted by atomic mass is 10.2. The van der Waals surface area contributed by atoms with E-state index in [2.05, 4.69) is 77.7 Å². The molecule has 2 aromatic heterocycles. The third kappa shape index (κ3) is 10.2. The van der Waals surface area contributed by atoms with E-state index in [9.17, 15) is 10.1 Å². The van der Waals surface area contributed by atoms with Crippen molar-refractivity contribution in [2.75, 3.05) is 15.8 Å². The minimum Gasteiger partial charge on any atom is -0.544 e. The first kappa shape index (κ1) is 43.1. The number of hydrogen-bond donors (Lipinski definition) is 1. The summed E-state index contributed by atoms with van der Waals surface area (Å²) in [4.78, 5) is 29.2. The number of hydrogen-bond acceptors (Lipinski definition) is 13. The smallest absolute Gasteiger partial charge is 0.269 e. The molecule has 0 saturated carbocycles. The molecule has 0 spiro atoms. The van der Waals surface area contributed by atoms with Crippen molar-refractivity contribution in [1.82, 2.24) is 19.9 Å².